The molecule has 3 saturated carbocycles. The molecule has 0 aromatic heterocycles. The molecule has 7 atom stereocenters. The van der Waals surface area contributed by atoms with Crippen LogP contribution >= 0.6 is 15.9 Å². The minimum absolute atomic E-state index is 0.0105. The van der Waals surface area contributed by atoms with E-state index in [1.165, 1.54) is 19.3 Å². The molecule has 0 radical (unpaired) electrons. The minimum Gasteiger partial charge on any atom is -0.396 e. The Morgan fingerprint density at radius 3 is 2.04 bits per heavy atom. The summed E-state index contributed by atoms with van der Waals surface area (Å²) < 4.78 is 0. The third kappa shape index (κ3) is 2.39. The van der Waals surface area contributed by atoms with Crippen molar-refractivity contribution in [2.24, 2.45) is 34.0 Å². The maximum Gasteiger partial charge on any atom is 0.0675 e. The number of aliphatic hydroxyl groups is 2. The third-order valence-electron chi connectivity index (χ3n) is 8.67. The van der Waals surface area contributed by atoms with Crippen LogP contribution in [0.15, 0.2) is 0 Å². The third-order valence-corrected chi connectivity index (χ3v) is 10.3. The molecular formula is C20H35BrO2. The highest BCUT2D eigenvalue weighted by Gasteiger charge is 2.64. The Morgan fingerprint density at radius 1 is 0.870 bits per heavy atom. The van der Waals surface area contributed by atoms with Gasteiger partial charge in [0.05, 0.1) is 5.60 Å². The molecule has 0 saturated heterocycles. The predicted molar refractivity (Wildman–Crippen MR) is 98.6 cm³/mol. The van der Waals surface area contributed by atoms with Gasteiger partial charge in [0.2, 0.25) is 0 Å². The summed E-state index contributed by atoms with van der Waals surface area (Å²) >= 11 is 3.96. The van der Waals surface area contributed by atoms with Crippen LogP contribution in [-0.4, -0.2) is 27.2 Å². The van der Waals surface area contributed by atoms with E-state index in [4.69, 9.17) is 0 Å². The van der Waals surface area contributed by atoms with Crippen LogP contribution in [0.4, 0.5) is 0 Å². The van der Waals surface area contributed by atoms with E-state index in [0.29, 0.717) is 21.6 Å². The summed E-state index contributed by atoms with van der Waals surface area (Å²) in [5.74, 6) is 1.36. The highest BCUT2D eigenvalue weighted by molar-refractivity contribution is 9.09. The van der Waals surface area contributed by atoms with Crippen LogP contribution in [0.3, 0.4) is 0 Å². The molecule has 3 aliphatic carbocycles. The second kappa shape index (κ2) is 5.45. The lowest BCUT2D eigenvalue weighted by Gasteiger charge is -2.68. The zero-order chi connectivity index (χ0) is 17.3. The molecule has 0 aliphatic heterocycles. The summed E-state index contributed by atoms with van der Waals surface area (Å²) in [5, 5.41) is 21.0. The van der Waals surface area contributed by atoms with Crippen LogP contribution in [-0.2, 0) is 0 Å². The first-order valence-electron chi connectivity index (χ1n) is 9.47. The molecule has 0 spiro atoms. The smallest absolute Gasteiger partial charge is 0.0675 e. The van der Waals surface area contributed by atoms with Gasteiger partial charge in [-0.05, 0) is 73.5 Å². The van der Waals surface area contributed by atoms with Gasteiger partial charge in [-0.1, -0.05) is 43.6 Å². The van der Waals surface area contributed by atoms with E-state index in [1.807, 2.05) is 6.92 Å². The summed E-state index contributed by atoms with van der Waals surface area (Å²) in [6.45, 7) is 11.8. The number of hydrogen-bond donors (Lipinski definition) is 2. The van der Waals surface area contributed by atoms with Crippen molar-refractivity contribution in [1.29, 1.82) is 0 Å². The Morgan fingerprint density at radius 2 is 1.43 bits per heavy atom. The number of halogens is 1. The number of rotatable bonds is 1. The zero-order valence-electron chi connectivity index (χ0n) is 15.5. The van der Waals surface area contributed by atoms with E-state index in [2.05, 4.69) is 43.6 Å². The van der Waals surface area contributed by atoms with Crippen molar-refractivity contribution in [3.8, 4) is 0 Å². The average Bonchev–Trinajstić information content (AvgIpc) is 2.42. The topological polar surface area (TPSA) is 40.5 Å². The first-order chi connectivity index (χ1) is 10.5. The Balaban J connectivity index is 2.01. The van der Waals surface area contributed by atoms with E-state index in [9.17, 15) is 10.2 Å². The average molecular weight is 387 g/mol. The molecule has 3 rings (SSSR count). The first-order valence-corrected chi connectivity index (χ1v) is 10.4. The van der Waals surface area contributed by atoms with Crippen molar-refractivity contribution >= 4 is 15.9 Å². The fraction of sp³-hybridized carbons (Fsp3) is 1.00. The lowest BCUT2D eigenvalue weighted by molar-refractivity contribution is -0.215. The molecule has 0 bridgehead atoms. The van der Waals surface area contributed by atoms with Gasteiger partial charge in [-0.15, -0.1) is 0 Å². The van der Waals surface area contributed by atoms with Gasteiger partial charge in [0.25, 0.3) is 0 Å². The summed E-state index contributed by atoms with van der Waals surface area (Å²) in [7, 11) is 0. The minimum atomic E-state index is -0.717. The second-order valence-corrected chi connectivity index (χ2v) is 11.2. The Kier molecular flexibility index (Phi) is 4.31. The van der Waals surface area contributed by atoms with Crippen LogP contribution < -0.4 is 0 Å². The summed E-state index contributed by atoms with van der Waals surface area (Å²) in [6, 6.07) is 0. The van der Waals surface area contributed by atoms with Crippen LogP contribution in [0.5, 0.6) is 0 Å². The van der Waals surface area contributed by atoms with Crippen molar-refractivity contribution < 1.29 is 10.2 Å². The van der Waals surface area contributed by atoms with Crippen molar-refractivity contribution in [2.45, 2.75) is 83.6 Å². The lowest BCUT2D eigenvalue weighted by Crippen LogP contribution is -2.64. The molecule has 3 heteroatoms. The van der Waals surface area contributed by atoms with Crippen molar-refractivity contribution in [2.75, 3.05) is 6.61 Å². The normalized spacial score (nSPS) is 55.8. The molecule has 0 aromatic rings. The molecule has 2 unspecified atom stereocenters. The number of alkyl halides is 1. The van der Waals surface area contributed by atoms with E-state index in [0.717, 1.165) is 25.2 Å². The number of hydrogen-bond acceptors (Lipinski definition) is 2. The molecule has 3 aliphatic rings. The monoisotopic (exact) mass is 386 g/mol. The van der Waals surface area contributed by atoms with Gasteiger partial charge in [0, 0.05) is 17.4 Å². The maximum atomic E-state index is 10.9. The molecule has 0 amide bonds. The first kappa shape index (κ1) is 18.2. The summed E-state index contributed by atoms with van der Waals surface area (Å²) in [6.07, 6.45) is 6.83. The van der Waals surface area contributed by atoms with Crippen LogP contribution in [0.1, 0.15) is 73.1 Å². The van der Waals surface area contributed by atoms with Crippen molar-refractivity contribution in [3.63, 3.8) is 0 Å². The van der Waals surface area contributed by atoms with Gasteiger partial charge in [0.1, 0.15) is 0 Å². The van der Waals surface area contributed by atoms with Gasteiger partial charge in [0.15, 0.2) is 0 Å². The van der Waals surface area contributed by atoms with Crippen molar-refractivity contribution in [1.82, 2.24) is 0 Å². The Hall–Kier alpha value is 0.400. The Labute approximate surface area is 150 Å². The molecule has 0 heterocycles. The van der Waals surface area contributed by atoms with Crippen molar-refractivity contribution in [3.05, 3.63) is 0 Å². The van der Waals surface area contributed by atoms with E-state index in [1.54, 1.807) is 0 Å². The van der Waals surface area contributed by atoms with Gasteiger partial charge < -0.3 is 10.2 Å². The molecule has 3 fully saturated rings. The molecule has 2 N–H and O–H groups in total. The summed E-state index contributed by atoms with van der Waals surface area (Å²) in [5.41, 5.74) is 0.00994. The van der Waals surface area contributed by atoms with E-state index < -0.39 is 5.60 Å². The highest BCUT2D eigenvalue weighted by Crippen LogP contribution is 2.70. The lowest BCUT2D eigenvalue weighted by atomic mass is 9.38. The Bertz CT molecular complexity index is 474. The zero-order valence-corrected chi connectivity index (χ0v) is 17.1. The molecular weight excluding hydrogens is 352 g/mol. The molecule has 134 valence electrons. The molecule has 2 nitrogen and oxygen atoms in total. The van der Waals surface area contributed by atoms with Gasteiger partial charge >= 0.3 is 0 Å². The molecule has 23 heavy (non-hydrogen) atoms. The fourth-order valence-corrected chi connectivity index (χ4v) is 7.90. The fourth-order valence-electron chi connectivity index (χ4n) is 7.36. The predicted octanol–water partition coefficient (Wildman–Crippen LogP) is 4.76. The largest absolute Gasteiger partial charge is 0.396 e. The second-order valence-electron chi connectivity index (χ2n) is 10.1. The van der Waals surface area contributed by atoms with E-state index in [-0.39, 0.29) is 17.9 Å². The van der Waals surface area contributed by atoms with E-state index >= 15 is 0 Å². The van der Waals surface area contributed by atoms with Crippen LogP contribution in [0.25, 0.3) is 0 Å². The van der Waals surface area contributed by atoms with Gasteiger partial charge in [-0.25, -0.2) is 0 Å². The summed E-state index contributed by atoms with van der Waals surface area (Å²) in [4.78, 5) is 0.609. The maximum absolute atomic E-state index is 10.9. The quantitative estimate of drug-likeness (QED) is 0.637. The standard InChI is InChI=1S/C20H35BrO2/c1-17(2)13-6-9-19(4)14(18(13,3)10-8-16(17)21)7-11-20(5,23)15(19)12-22/h13-16,22-23H,6-12H2,1-5H3/t13-,14?,15-,16-,18-,19+,20?/m1/s1. The number of fused-ring (bicyclic) bond motifs is 3. The molecule has 0 aromatic carbocycles. The highest BCUT2D eigenvalue weighted by atomic mass is 79.9. The van der Waals surface area contributed by atoms with Crippen LogP contribution in [0, 0.1) is 34.0 Å². The van der Waals surface area contributed by atoms with Crippen LogP contribution in [0.2, 0.25) is 0 Å². The number of aliphatic hydroxyl groups excluding tert-OH is 1. The van der Waals surface area contributed by atoms with Gasteiger partial charge in [-0.3, -0.25) is 0 Å². The SMILES string of the molecule is CC1(O)CCC2[C@]3(C)CC[C@@H](Br)C(C)(C)[C@H]3CC[C@]2(C)[C@H]1CO. The van der Waals surface area contributed by atoms with Gasteiger partial charge in [-0.2, -0.15) is 0 Å².